The highest BCUT2D eigenvalue weighted by Crippen LogP contribution is 2.14. The molecule has 0 atom stereocenters. The molecule has 0 bridgehead atoms. The zero-order chi connectivity index (χ0) is 19.6. The second kappa shape index (κ2) is 7.44. The van der Waals surface area contributed by atoms with Crippen LogP contribution in [-0.2, 0) is 18.8 Å². The summed E-state index contributed by atoms with van der Waals surface area (Å²) in [4.78, 5) is 36.8. The first-order valence-corrected chi connectivity index (χ1v) is 7.63. The lowest BCUT2D eigenvalue weighted by atomic mass is 10.2. The van der Waals surface area contributed by atoms with Crippen LogP contribution < -0.4 is 11.4 Å². The molecule has 0 saturated heterocycles. The van der Waals surface area contributed by atoms with Crippen LogP contribution in [0.4, 0.5) is 4.39 Å². The number of oxime groups is 1. The molecule has 9 nitrogen and oxygen atoms in total. The van der Waals surface area contributed by atoms with Crippen molar-refractivity contribution in [3.63, 3.8) is 0 Å². The van der Waals surface area contributed by atoms with Crippen LogP contribution in [0.2, 0.25) is 0 Å². The third-order valence-corrected chi connectivity index (χ3v) is 4.08. The van der Waals surface area contributed by atoms with Gasteiger partial charge >= 0.3 is 17.3 Å². The van der Waals surface area contributed by atoms with Crippen LogP contribution in [0, 0.1) is 10.6 Å². The van der Waals surface area contributed by atoms with Crippen molar-refractivity contribution >= 4 is 23.9 Å². The van der Waals surface area contributed by atoms with Gasteiger partial charge < -0.3 is 9.94 Å². The molecule has 0 aliphatic rings. The molecule has 2 aromatic rings. The van der Waals surface area contributed by atoms with Crippen LogP contribution in [0.15, 0.2) is 32.9 Å². The molecule has 0 unspecified atom stereocenters. The molecule has 1 aromatic carbocycles. The Bertz CT molecular complexity index is 1040. The van der Waals surface area contributed by atoms with Crippen molar-refractivity contribution in [3.05, 3.63) is 55.3 Å². The first kappa shape index (κ1) is 19.2. The maximum absolute atomic E-state index is 14.3. The van der Waals surface area contributed by atoms with Gasteiger partial charge in [0.15, 0.2) is 4.77 Å². The molecule has 138 valence electrons. The SMILES string of the molecule is CC(COC(=O)c1ccc(F)c(-n2c(=O)n(C)c(=S)n(C)c2=O)c1)=NO. The molecule has 11 heteroatoms. The average molecular weight is 382 g/mol. The van der Waals surface area contributed by atoms with Gasteiger partial charge in [-0.1, -0.05) is 5.16 Å². The third-order valence-electron chi connectivity index (χ3n) is 3.54. The molecule has 0 aliphatic carbocycles. The topological polar surface area (TPSA) is 108 Å². The molecule has 0 aliphatic heterocycles. The minimum atomic E-state index is -0.883. The van der Waals surface area contributed by atoms with Crippen LogP contribution in [0.3, 0.4) is 0 Å². The van der Waals surface area contributed by atoms with Gasteiger partial charge in [-0.2, -0.15) is 0 Å². The summed E-state index contributed by atoms with van der Waals surface area (Å²) in [6, 6.07) is 3.10. The highest BCUT2D eigenvalue weighted by molar-refractivity contribution is 7.71. The third kappa shape index (κ3) is 3.47. The van der Waals surface area contributed by atoms with Gasteiger partial charge in [0.1, 0.15) is 12.4 Å². The summed E-state index contributed by atoms with van der Waals surface area (Å²) in [6.45, 7) is 1.16. The Balaban J connectivity index is 2.60. The van der Waals surface area contributed by atoms with E-state index in [1.807, 2.05) is 0 Å². The number of carbonyl (C=O) groups is 1. The summed E-state index contributed by atoms with van der Waals surface area (Å²) in [5.74, 6) is -1.73. The summed E-state index contributed by atoms with van der Waals surface area (Å²) in [5.41, 5.74) is -2.07. The number of hydrogen-bond donors (Lipinski definition) is 1. The number of halogens is 1. The Morgan fingerprint density at radius 3 is 2.38 bits per heavy atom. The molecule has 2 rings (SSSR count). The van der Waals surface area contributed by atoms with E-state index in [0.29, 0.717) is 4.57 Å². The largest absolute Gasteiger partial charge is 0.456 e. The lowest BCUT2D eigenvalue weighted by Crippen LogP contribution is -2.43. The first-order valence-electron chi connectivity index (χ1n) is 7.22. The maximum Gasteiger partial charge on any atom is 0.338 e. The summed E-state index contributed by atoms with van der Waals surface area (Å²) >= 11 is 4.96. The molecule has 0 fully saturated rings. The van der Waals surface area contributed by atoms with Gasteiger partial charge in [-0.15, -0.1) is 0 Å². The zero-order valence-electron chi connectivity index (χ0n) is 14.1. The molecular formula is C15H15FN4O5S. The quantitative estimate of drug-likeness (QED) is 0.275. The second-order valence-electron chi connectivity index (χ2n) is 5.38. The number of esters is 1. The molecule has 26 heavy (non-hydrogen) atoms. The van der Waals surface area contributed by atoms with Gasteiger partial charge in [-0.05, 0) is 37.3 Å². The molecule has 1 heterocycles. The predicted molar refractivity (Wildman–Crippen MR) is 92.2 cm³/mol. The van der Waals surface area contributed by atoms with Gasteiger partial charge in [-0.25, -0.2) is 23.3 Å². The number of hydrogen-bond acceptors (Lipinski definition) is 7. The van der Waals surface area contributed by atoms with Gasteiger partial charge in [0.2, 0.25) is 0 Å². The van der Waals surface area contributed by atoms with Crippen LogP contribution in [-0.4, -0.2) is 37.2 Å². The number of nitrogens with zero attached hydrogens (tertiary/aromatic N) is 4. The molecule has 0 amide bonds. The number of benzene rings is 1. The van der Waals surface area contributed by atoms with Crippen LogP contribution in [0.25, 0.3) is 5.69 Å². The van der Waals surface area contributed by atoms with Crippen LogP contribution in [0.1, 0.15) is 17.3 Å². The van der Waals surface area contributed by atoms with Gasteiger partial charge in [0, 0.05) is 14.1 Å². The summed E-state index contributed by atoms with van der Waals surface area (Å²) < 4.78 is 21.7. The minimum Gasteiger partial charge on any atom is -0.456 e. The van der Waals surface area contributed by atoms with Crippen molar-refractivity contribution in [2.24, 2.45) is 19.3 Å². The smallest absolute Gasteiger partial charge is 0.338 e. The van der Waals surface area contributed by atoms with E-state index >= 15 is 0 Å². The van der Waals surface area contributed by atoms with Crippen molar-refractivity contribution in [1.29, 1.82) is 0 Å². The molecular weight excluding hydrogens is 367 g/mol. The number of ether oxygens (including phenoxy) is 1. The van der Waals surface area contributed by atoms with E-state index in [2.05, 4.69) is 5.16 Å². The van der Waals surface area contributed by atoms with Crippen molar-refractivity contribution in [1.82, 2.24) is 13.7 Å². The van der Waals surface area contributed by atoms with E-state index in [4.69, 9.17) is 22.2 Å². The Labute approximate surface area is 151 Å². The Kier molecular flexibility index (Phi) is 5.50. The Morgan fingerprint density at radius 2 is 1.85 bits per heavy atom. The molecule has 1 aromatic heterocycles. The van der Waals surface area contributed by atoms with E-state index in [9.17, 15) is 18.8 Å². The van der Waals surface area contributed by atoms with Crippen molar-refractivity contribution in [2.45, 2.75) is 6.92 Å². The normalized spacial score (nSPS) is 11.5. The molecule has 0 saturated carbocycles. The standard InChI is InChI=1S/C15H15FN4O5S/c1-8(17-24)7-25-12(21)9-4-5-10(16)11(6-9)20-13(22)18(2)15(26)19(3)14(20)23/h4-6,24H,7H2,1-3H3. The Hall–Kier alpha value is -3.08. The zero-order valence-corrected chi connectivity index (χ0v) is 14.9. The lowest BCUT2D eigenvalue weighted by Gasteiger charge is -2.12. The predicted octanol–water partition coefficient (Wildman–Crippen LogP) is 0.750. The fraction of sp³-hybridized carbons (Fsp3) is 0.267. The summed E-state index contributed by atoms with van der Waals surface area (Å²) in [7, 11) is 2.68. The van der Waals surface area contributed by atoms with Gasteiger partial charge in [0.25, 0.3) is 0 Å². The summed E-state index contributed by atoms with van der Waals surface area (Å²) in [6.07, 6.45) is 0. The second-order valence-corrected chi connectivity index (χ2v) is 5.74. The average Bonchev–Trinajstić information content (AvgIpc) is 2.64. The van der Waals surface area contributed by atoms with Gasteiger partial charge in [-0.3, -0.25) is 9.13 Å². The van der Waals surface area contributed by atoms with Crippen molar-refractivity contribution in [2.75, 3.05) is 6.61 Å². The first-order chi connectivity index (χ1) is 12.2. The monoisotopic (exact) mass is 382 g/mol. The number of aromatic nitrogens is 3. The fourth-order valence-electron chi connectivity index (χ4n) is 2.07. The molecule has 1 N–H and O–H groups in total. The van der Waals surface area contributed by atoms with Gasteiger partial charge in [0.05, 0.1) is 17.0 Å². The van der Waals surface area contributed by atoms with E-state index in [0.717, 1.165) is 27.3 Å². The molecule has 0 radical (unpaired) electrons. The van der Waals surface area contributed by atoms with E-state index < -0.39 is 28.9 Å². The van der Waals surface area contributed by atoms with E-state index in [-0.39, 0.29) is 22.7 Å². The number of rotatable bonds is 4. The highest BCUT2D eigenvalue weighted by atomic mass is 32.1. The maximum atomic E-state index is 14.3. The summed E-state index contributed by atoms with van der Waals surface area (Å²) in [5, 5.41) is 11.4. The fourth-order valence-corrected chi connectivity index (χ4v) is 2.23. The minimum absolute atomic E-state index is 0.0361. The van der Waals surface area contributed by atoms with E-state index in [1.54, 1.807) is 0 Å². The Morgan fingerprint density at radius 1 is 1.27 bits per heavy atom. The van der Waals surface area contributed by atoms with Crippen LogP contribution >= 0.6 is 12.2 Å². The lowest BCUT2D eigenvalue weighted by molar-refractivity contribution is 0.0561. The van der Waals surface area contributed by atoms with Crippen molar-refractivity contribution < 1.29 is 19.1 Å². The van der Waals surface area contributed by atoms with Crippen molar-refractivity contribution in [3.8, 4) is 5.69 Å². The van der Waals surface area contributed by atoms with E-state index in [1.165, 1.54) is 21.0 Å². The molecule has 0 spiro atoms. The highest BCUT2D eigenvalue weighted by Gasteiger charge is 2.17. The number of carbonyl (C=O) groups excluding carboxylic acids is 1. The van der Waals surface area contributed by atoms with Crippen LogP contribution in [0.5, 0.6) is 0 Å².